The first kappa shape index (κ1) is 12.6. The number of phenols is 1. The number of hydrogen-bond acceptors (Lipinski definition) is 3. The van der Waals surface area contributed by atoms with Gasteiger partial charge in [0.15, 0.2) is 11.5 Å². The molecule has 0 bridgehead atoms. The van der Waals surface area contributed by atoms with E-state index in [0.717, 1.165) is 10.8 Å². The third kappa shape index (κ3) is 2.35. The van der Waals surface area contributed by atoms with Gasteiger partial charge < -0.3 is 14.6 Å². The Balaban J connectivity index is 2.67. The molecule has 0 aliphatic heterocycles. The summed E-state index contributed by atoms with van der Waals surface area (Å²) in [5.41, 5.74) is -0.345. The van der Waals surface area contributed by atoms with E-state index in [-0.39, 0.29) is 11.4 Å². The summed E-state index contributed by atoms with van der Waals surface area (Å²) >= 11 is 0. The number of methoxy groups -OCH3 is 1. The molecular formula is C15H18O3. The van der Waals surface area contributed by atoms with Crippen LogP contribution in [0.15, 0.2) is 30.3 Å². The maximum atomic E-state index is 10.0. The molecule has 1 N–H and O–H groups in total. The van der Waals surface area contributed by atoms with Crippen LogP contribution in [0, 0.1) is 0 Å². The fourth-order valence-electron chi connectivity index (χ4n) is 1.92. The van der Waals surface area contributed by atoms with Crippen LogP contribution in [0.2, 0.25) is 0 Å². The molecule has 2 aromatic rings. The Kier molecular flexibility index (Phi) is 3.07. The zero-order valence-corrected chi connectivity index (χ0v) is 11.2. The van der Waals surface area contributed by atoms with E-state index >= 15 is 0 Å². The Labute approximate surface area is 107 Å². The van der Waals surface area contributed by atoms with Gasteiger partial charge in [-0.2, -0.15) is 0 Å². The summed E-state index contributed by atoms with van der Waals surface area (Å²) in [6, 6.07) is 9.15. The average Bonchev–Trinajstić information content (AvgIpc) is 2.27. The molecule has 0 saturated heterocycles. The minimum Gasteiger partial charge on any atom is -0.507 e. The molecule has 0 aliphatic carbocycles. The van der Waals surface area contributed by atoms with E-state index in [9.17, 15) is 5.11 Å². The van der Waals surface area contributed by atoms with Crippen LogP contribution in [-0.4, -0.2) is 17.8 Å². The van der Waals surface area contributed by atoms with Gasteiger partial charge in [-0.3, -0.25) is 0 Å². The van der Waals surface area contributed by atoms with Gasteiger partial charge in [-0.25, -0.2) is 0 Å². The minimum atomic E-state index is -0.345. The molecule has 0 radical (unpaired) electrons. The van der Waals surface area contributed by atoms with Crippen molar-refractivity contribution in [1.29, 1.82) is 0 Å². The fourth-order valence-corrected chi connectivity index (χ4v) is 1.92. The second-order valence-electron chi connectivity index (χ2n) is 5.19. The van der Waals surface area contributed by atoms with Crippen molar-refractivity contribution in [3.8, 4) is 17.2 Å². The van der Waals surface area contributed by atoms with Gasteiger partial charge in [-0.05, 0) is 20.8 Å². The number of aromatic hydroxyl groups is 1. The van der Waals surface area contributed by atoms with E-state index in [0.29, 0.717) is 11.5 Å². The van der Waals surface area contributed by atoms with E-state index < -0.39 is 0 Å². The first-order chi connectivity index (χ1) is 8.42. The molecule has 0 aliphatic rings. The molecule has 0 fully saturated rings. The van der Waals surface area contributed by atoms with Crippen LogP contribution < -0.4 is 9.47 Å². The Hall–Kier alpha value is -1.90. The Morgan fingerprint density at radius 3 is 2.22 bits per heavy atom. The van der Waals surface area contributed by atoms with E-state index in [2.05, 4.69) is 0 Å². The molecule has 0 spiro atoms. The van der Waals surface area contributed by atoms with Gasteiger partial charge in [0.25, 0.3) is 0 Å². The molecule has 0 aromatic heterocycles. The summed E-state index contributed by atoms with van der Waals surface area (Å²) in [7, 11) is 1.61. The van der Waals surface area contributed by atoms with Crippen molar-refractivity contribution in [3.63, 3.8) is 0 Å². The smallest absolute Gasteiger partial charge is 0.168 e. The number of fused-ring (bicyclic) bond motifs is 1. The lowest BCUT2D eigenvalue weighted by molar-refractivity contribution is 0.125. The summed E-state index contributed by atoms with van der Waals surface area (Å²) in [4.78, 5) is 0. The monoisotopic (exact) mass is 246 g/mol. The highest BCUT2D eigenvalue weighted by Crippen LogP contribution is 2.41. The maximum Gasteiger partial charge on any atom is 0.168 e. The lowest BCUT2D eigenvalue weighted by Crippen LogP contribution is -2.23. The van der Waals surface area contributed by atoms with Gasteiger partial charge in [0.05, 0.1) is 7.11 Å². The van der Waals surface area contributed by atoms with E-state index in [1.807, 2.05) is 45.0 Å². The third-order valence-electron chi connectivity index (χ3n) is 2.56. The van der Waals surface area contributed by atoms with Crippen molar-refractivity contribution in [2.24, 2.45) is 0 Å². The van der Waals surface area contributed by atoms with Crippen molar-refractivity contribution in [3.05, 3.63) is 30.3 Å². The molecule has 96 valence electrons. The van der Waals surface area contributed by atoms with Crippen molar-refractivity contribution in [2.45, 2.75) is 26.4 Å². The highest BCUT2D eigenvalue weighted by Gasteiger charge is 2.19. The number of hydrogen-bond donors (Lipinski definition) is 1. The number of phenolic OH excluding ortho intramolecular Hbond substituents is 1. The van der Waals surface area contributed by atoms with Crippen LogP contribution in [-0.2, 0) is 0 Å². The highest BCUT2D eigenvalue weighted by atomic mass is 16.5. The molecule has 3 heteroatoms. The molecule has 0 atom stereocenters. The molecule has 2 aromatic carbocycles. The third-order valence-corrected chi connectivity index (χ3v) is 2.56. The topological polar surface area (TPSA) is 38.7 Å². The van der Waals surface area contributed by atoms with Crippen molar-refractivity contribution < 1.29 is 14.6 Å². The van der Waals surface area contributed by atoms with Gasteiger partial charge in [-0.15, -0.1) is 0 Å². The number of ether oxygens (including phenoxy) is 2. The fraction of sp³-hybridized carbons (Fsp3) is 0.333. The van der Waals surface area contributed by atoms with Crippen LogP contribution >= 0.6 is 0 Å². The molecule has 2 rings (SSSR count). The Morgan fingerprint density at radius 1 is 1.06 bits per heavy atom. The number of rotatable bonds is 2. The van der Waals surface area contributed by atoms with Crippen molar-refractivity contribution >= 4 is 10.8 Å². The molecule has 0 unspecified atom stereocenters. The summed E-state index contributed by atoms with van der Waals surface area (Å²) in [5.74, 6) is 1.41. The van der Waals surface area contributed by atoms with E-state index in [4.69, 9.17) is 9.47 Å². The standard InChI is InChI=1S/C15H18O3/c1-15(2,3)18-13-9-12(16)10-7-5-6-8-11(10)14(13)17-4/h5-9,16H,1-4H3. The summed E-state index contributed by atoms with van der Waals surface area (Å²) < 4.78 is 11.3. The van der Waals surface area contributed by atoms with Gasteiger partial charge in [0, 0.05) is 16.8 Å². The average molecular weight is 246 g/mol. The van der Waals surface area contributed by atoms with Crippen molar-refractivity contribution in [1.82, 2.24) is 0 Å². The van der Waals surface area contributed by atoms with Crippen LogP contribution in [0.3, 0.4) is 0 Å². The SMILES string of the molecule is COc1c(OC(C)(C)C)cc(O)c2ccccc12. The van der Waals surface area contributed by atoms with Gasteiger partial charge >= 0.3 is 0 Å². The maximum absolute atomic E-state index is 10.0. The largest absolute Gasteiger partial charge is 0.507 e. The normalized spacial score (nSPS) is 11.6. The van der Waals surface area contributed by atoms with Gasteiger partial charge in [0.2, 0.25) is 0 Å². The first-order valence-electron chi connectivity index (χ1n) is 5.90. The molecular weight excluding hydrogens is 228 g/mol. The second-order valence-corrected chi connectivity index (χ2v) is 5.19. The second kappa shape index (κ2) is 4.41. The van der Waals surface area contributed by atoms with Crippen LogP contribution in [0.1, 0.15) is 20.8 Å². The number of benzene rings is 2. The quantitative estimate of drug-likeness (QED) is 0.877. The Bertz CT molecular complexity index is 568. The molecule has 18 heavy (non-hydrogen) atoms. The first-order valence-corrected chi connectivity index (χ1v) is 5.90. The summed E-state index contributed by atoms with van der Waals surface area (Å²) in [6.45, 7) is 5.87. The summed E-state index contributed by atoms with van der Waals surface area (Å²) in [6.07, 6.45) is 0. The zero-order valence-electron chi connectivity index (χ0n) is 11.2. The lowest BCUT2D eigenvalue weighted by Gasteiger charge is -2.23. The van der Waals surface area contributed by atoms with E-state index in [1.165, 1.54) is 0 Å². The molecule has 0 amide bonds. The van der Waals surface area contributed by atoms with Gasteiger partial charge in [-0.1, -0.05) is 24.3 Å². The zero-order chi connectivity index (χ0) is 13.3. The van der Waals surface area contributed by atoms with E-state index in [1.54, 1.807) is 13.2 Å². The van der Waals surface area contributed by atoms with Crippen LogP contribution in [0.25, 0.3) is 10.8 Å². The molecule has 0 heterocycles. The van der Waals surface area contributed by atoms with Gasteiger partial charge in [0.1, 0.15) is 11.4 Å². The van der Waals surface area contributed by atoms with Crippen LogP contribution in [0.4, 0.5) is 0 Å². The predicted molar refractivity (Wildman–Crippen MR) is 72.5 cm³/mol. The van der Waals surface area contributed by atoms with Crippen LogP contribution in [0.5, 0.6) is 17.2 Å². The summed E-state index contributed by atoms with van der Waals surface area (Å²) in [5, 5.41) is 11.6. The molecule has 0 saturated carbocycles. The lowest BCUT2D eigenvalue weighted by atomic mass is 10.1. The highest BCUT2D eigenvalue weighted by molar-refractivity contribution is 5.95. The molecule has 3 nitrogen and oxygen atoms in total. The predicted octanol–water partition coefficient (Wildman–Crippen LogP) is 3.73. The minimum absolute atomic E-state index is 0.200. The Morgan fingerprint density at radius 2 is 1.67 bits per heavy atom. The van der Waals surface area contributed by atoms with Crippen molar-refractivity contribution in [2.75, 3.05) is 7.11 Å².